The first-order valence-electron chi connectivity index (χ1n) is 23.4. The molecule has 1 heterocycles. The summed E-state index contributed by atoms with van der Waals surface area (Å²) in [6.07, 6.45) is 1.82. The van der Waals surface area contributed by atoms with Crippen LogP contribution in [0.25, 0.3) is 22.3 Å². The minimum Gasteiger partial charge on any atom is -0.507 e. The zero-order valence-corrected chi connectivity index (χ0v) is 42.4. The third-order valence-electron chi connectivity index (χ3n) is 13.8. The zero-order chi connectivity index (χ0) is 47.4. The van der Waals surface area contributed by atoms with E-state index in [0.29, 0.717) is 31.1 Å². The number of aromatic nitrogens is 1. The Bertz CT molecular complexity index is 2920. The van der Waals surface area contributed by atoms with Gasteiger partial charge in [0.15, 0.2) is 0 Å². The third-order valence-corrected chi connectivity index (χ3v) is 13.8. The van der Waals surface area contributed by atoms with E-state index in [1.807, 2.05) is 85.1 Å². The van der Waals surface area contributed by atoms with Crippen LogP contribution in [0.15, 0.2) is 206 Å². The van der Waals surface area contributed by atoms with E-state index in [1.54, 1.807) is 0 Å². The van der Waals surface area contributed by atoms with Gasteiger partial charge in [-0.25, -0.2) is 0 Å². The first kappa shape index (κ1) is 48.5. The minimum absolute atomic E-state index is 0. The van der Waals surface area contributed by atoms with Gasteiger partial charge >= 0.3 is 26.2 Å². The van der Waals surface area contributed by atoms with Crippen LogP contribution >= 0.6 is 0 Å². The van der Waals surface area contributed by atoms with Gasteiger partial charge in [-0.3, -0.25) is 9.88 Å². The summed E-state index contributed by atoms with van der Waals surface area (Å²) in [4.78, 5) is 6.99. The summed E-state index contributed by atoms with van der Waals surface area (Å²) in [5.74, 6) is 0.614. The van der Waals surface area contributed by atoms with Crippen molar-refractivity contribution >= 4 is 0 Å². The molecule has 4 nitrogen and oxygen atoms in total. The fourth-order valence-corrected chi connectivity index (χ4v) is 10.5. The standard InChI is InChI=1S/C50H44N2O2.2C7H7.Zr/c1-32-25-34(47(53)45(27-32)49(3)41-20-9-5-16-37(41)38-17-6-10-21-42(38)49)29-52(31-36-15-13-14-24-51-36)30-35-26-33(2)28-46(48(35)54)50(4)43-22-11-7-18-39(43)40-19-8-12-23-44(40)50;2*1-7-5-3-2-4-6-7;/h5-28,53-54H,29-31H2,1-4H3;2*2-6H,1H2;/q;2*-1;+3. The maximum atomic E-state index is 12.4. The summed E-state index contributed by atoms with van der Waals surface area (Å²) in [6.45, 7) is 17.6. The van der Waals surface area contributed by atoms with Crippen molar-refractivity contribution in [2.75, 3.05) is 0 Å². The van der Waals surface area contributed by atoms with Crippen LogP contribution in [0.3, 0.4) is 0 Å². The molecule has 0 unspecified atom stereocenters. The van der Waals surface area contributed by atoms with E-state index in [9.17, 15) is 10.2 Å². The molecule has 0 saturated carbocycles. The molecular weight excluding hydrogens is 920 g/mol. The molecule has 8 aromatic carbocycles. The van der Waals surface area contributed by atoms with Crippen molar-refractivity contribution in [3.8, 4) is 33.8 Å². The summed E-state index contributed by atoms with van der Waals surface area (Å²) in [5, 5.41) is 24.8. The number of aromatic hydroxyl groups is 2. The van der Waals surface area contributed by atoms with Gasteiger partial charge in [0.1, 0.15) is 11.5 Å². The van der Waals surface area contributed by atoms with Gasteiger partial charge in [-0.1, -0.05) is 151 Å². The van der Waals surface area contributed by atoms with Crippen LogP contribution < -0.4 is 0 Å². The van der Waals surface area contributed by atoms with Crippen LogP contribution in [0.4, 0.5) is 0 Å². The maximum Gasteiger partial charge on any atom is 3.00 e. The van der Waals surface area contributed by atoms with Crippen molar-refractivity contribution < 1.29 is 36.4 Å². The summed E-state index contributed by atoms with van der Waals surface area (Å²) in [7, 11) is 0. The zero-order valence-electron chi connectivity index (χ0n) is 40.0. The van der Waals surface area contributed by atoms with Crippen molar-refractivity contribution in [1.82, 2.24) is 9.88 Å². The van der Waals surface area contributed by atoms with Gasteiger partial charge in [0.25, 0.3) is 0 Å². The first-order chi connectivity index (χ1) is 33.0. The molecule has 1 aromatic heterocycles. The Morgan fingerprint density at radius 2 is 0.754 bits per heavy atom. The van der Waals surface area contributed by atoms with Gasteiger partial charge in [-0.05, 0) is 84.3 Å². The van der Waals surface area contributed by atoms with Crippen LogP contribution in [0, 0.1) is 27.7 Å². The van der Waals surface area contributed by atoms with E-state index in [2.05, 4.69) is 168 Å². The molecule has 0 atom stereocenters. The summed E-state index contributed by atoms with van der Waals surface area (Å²) in [5.41, 5.74) is 17.3. The number of benzene rings is 8. The molecule has 5 heteroatoms. The molecule has 0 amide bonds. The minimum atomic E-state index is -0.531. The molecule has 0 aliphatic heterocycles. The van der Waals surface area contributed by atoms with Gasteiger partial charge < -0.3 is 10.2 Å². The largest absolute Gasteiger partial charge is 3.00 e. The van der Waals surface area contributed by atoms with Crippen molar-refractivity contribution in [3.05, 3.63) is 293 Å². The second-order valence-corrected chi connectivity index (χ2v) is 18.5. The first-order valence-corrected chi connectivity index (χ1v) is 23.4. The number of hydrogen-bond donors (Lipinski definition) is 2. The molecule has 0 saturated heterocycles. The molecule has 339 valence electrons. The Balaban J connectivity index is 0.000000368. The topological polar surface area (TPSA) is 56.6 Å². The van der Waals surface area contributed by atoms with Crippen molar-refractivity contribution in [3.63, 3.8) is 0 Å². The molecule has 0 spiro atoms. The van der Waals surface area contributed by atoms with E-state index >= 15 is 0 Å². The molecule has 1 radical (unpaired) electrons. The van der Waals surface area contributed by atoms with E-state index in [1.165, 1.54) is 44.5 Å². The fraction of sp³-hybridized carbons (Fsp3) is 0.141. The van der Waals surface area contributed by atoms with Crippen LogP contribution in [0.2, 0.25) is 0 Å². The predicted molar refractivity (Wildman–Crippen MR) is 280 cm³/mol. The molecule has 0 fully saturated rings. The second kappa shape index (κ2) is 20.8. The Kier molecular flexibility index (Phi) is 14.6. The van der Waals surface area contributed by atoms with Crippen molar-refractivity contribution in [1.29, 1.82) is 0 Å². The quantitative estimate of drug-likeness (QED) is 0.149. The summed E-state index contributed by atoms with van der Waals surface area (Å²) >= 11 is 0. The molecule has 9 aromatic rings. The number of fused-ring (bicyclic) bond motifs is 6. The van der Waals surface area contributed by atoms with Gasteiger partial charge in [-0.2, -0.15) is 49.2 Å². The number of hydrogen-bond acceptors (Lipinski definition) is 4. The number of phenolic OH excluding ortho intramolecular Hbond substituents is 2. The normalized spacial score (nSPS) is 13.0. The molecule has 0 bridgehead atoms. The summed E-state index contributed by atoms with van der Waals surface area (Å²) < 4.78 is 0. The number of aryl methyl sites for hydroxylation is 2. The number of nitrogens with zero attached hydrogens (tertiary/aromatic N) is 2. The third kappa shape index (κ3) is 9.60. The fourth-order valence-electron chi connectivity index (χ4n) is 10.5. The average molecular weight is 978 g/mol. The van der Waals surface area contributed by atoms with Gasteiger partial charge in [0.05, 0.1) is 5.69 Å². The molecule has 11 rings (SSSR count). The number of phenols is 2. The van der Waals surface area contributed by atoms with Gasteiger partial charge in [0, 0.05) is 58.9 Å². The van der Waals surface area contributed by atoms with Gasteiger partial charge in [0.2, 0.25) is 0 Å². The van der Waals surface area contributed by atoms with Crippen LogP contribution in [0.5, 0.6) is 11.5 Å². The Hall–Kier alpha value is -6.91. The number of pyridine rings is 1. The molecular formula is C64H58N2O2Zr+. The Morgan fingerprint density at radius 3 is 1.07 bits per heavy atom. The van der Waals surface area contributed by atoms with E-state index in [0.717, 1.165) is 50.2 Å². The van der Waals surface area contributed by atoms with E-state index in [4.69, 9.17) is 4.98 Å². The van der Waals surface area contributed by atoms with Crippen LogP contribution in [0.1, 0.15) is 86.3 Å². The van der Waals surface area contributed by atoms with E-state index in [-0.39, 0.29) is 26.2 Å². The molecule has 2 aliphatic rings. The summed E-state index contributed by atoms with van der Waals surface area (Å²) in [6, 6.07) is 68.5. The number of rotatable bonds is 8. The second-order valence-electron chi connectivity index (χ2n) is 18.5. The molecule has 2 N–H and O–H groups in total. The van der Waals surface area contributed by atoms with Crippen molar-refractivity contribution in [2.24, 2.45) is 0 Å². The van der Waals surface area contributed by atoms with Crippen LogP contribution in [-0.4, -0.2) is 20.1 Å². The average Bonchev–Trinajstić information content (AvgIpc) is 3.78. The SMILES string of the molecule is Cc1cc(CN(Cc2ccccn2)Cc2cc(C)cc(C3(C)c4ccccc4-c4ccccc43)c2O)c(O)c(C2(C)c3ccccc3-c3ccccc32)c1.[CH2-]c1ccccc1.[CH2-]c1ccccc1.[Zr+3]. The smallest absolute Gasteiger partial charge is 0.507 e. The Labute approximate surface area is 428 Å². The van der Waals surface area contributed by atoms with Crippen molar-refractivity contribution in [2.45, 2.75) is 58.2 Å². The van der Waals surface area contributed by atoms with E-state index < -0.39 is 10.8 Å². The maximum absolute atomic E-state index is 12.4. The molecule has 69 heavy (non-hydrogen) atoms. The predicted octanol–water partition coefficient (Wildman–Crippen LogP) is 14.7. The monoisotopic (exact) mass is 976 g/mol. The Morgan fingerprint density at radius 1 is 0.420 bits per heavy atom. The van der Waals surface area contributed by atoms with Gasteiger partial charge in [-0.15, -0.1) is 24.3 Å². The van der Waals surface area contributed by atoms with Crippen LogP contribution in [-0.2, 0) is 56.7 Å². The molecule has 2 aliphatic carbocycles.